The Morgan fingerprint density at radius 3 is 3.00 bits per heavy atom. The fourth-order valence-electron chi connectivity index (χ4n) is 1.51. The van der Waals surface area contributed by atoms with Crippen LogP contribution in [-0.4, -0.2) is 17.3 Å². The molecule has 2 rings (SSSR count). The van der Waals surface area contributed by atoms with Crippen molar-refractivity contribution in [3.05, 3.63) is 12.4 Å². The number of hydrogen-bond donors (Lipinski definition) is 0. The van der Waals surface area contributed by atoms with Crippen LogP contribution in [0, 0.1) is 0 Å². The molecule has 0 amide bonds. The van der Waals surface area contributed by atoms with Crippen LogP contribution in [0.4, 0.5) is 0 Å². The molecule has 1 unspecified atom stereocenters. The van der Waals surface area contributed by atoms with E-state index in [1.165, 1.54) is 0 Å². The van der Waals surface area contributed by atoms with Crippen LogP contribution in [0.1, 0.15) is 20.3 Å². The summed E-state index contributed by atoms with van der Waals surface area (Å²) in [5, 5.41) is 0. The molecule has 1 aromatic heterocycles. The molecule has 3 heteroatoms. The third-order valence-electron chi connectivity index (χ3n) is 2.09. The number of hydrogen-bond acceptors (Lipinski definition) is 2. The van der Waals surface area contributed by atoms with Crippen LogP contribution in [0.3, 0.4) is 0 Å². The van der Waals surface area contributed by atoms with Crippen molar-refractivity contribution in [2.24, 2.45) is 0 Å². The van der Waals surface area contributed by atoms with Crippen molar-refractivity contribution < 1.29 is 9.47 Å². The third kappa shape index (κ3) is 1.64. The zero-order valence-corrected chi connectivity index (χ0v) is 8.12. The minimum absolute atomic E-state index is 0.171. The quantitative estimate of drug-likeness (QED) is 0.697. The number of aryl methyl sites for hydroxylation is 1. The summed E-state index contributed by atoms with van der Waals surface area (Å²) in [5.74, 6) is 1.76. The standard InChI is InChI=1S/C10H15NO2/c1-3-4-11-5-9-10(6-11)13-8(2)7-12-9/h5-6,8H,3-4,7H2,1-2H3. The molecular weight excluding hydrogens is 166 g/mol. The van der Waals surface area contributed by atoms with E-state index in [4.69, 9.17) is 9.47 Å². The Balaban J connectivity index is 2.18. The highest BCUT2D eigenvalue weighted by Crippen LogP contribution is 2.32. The number of fused-ring (bicyclic) bond motifs is 1. The third-order valence-corrected chi connectivity index (χ3v) is 2.09. The van der Waals surface area contributed by atoms with E-state index < -0.39 is 0 Å². The summed E-state index contributed by atoms with van der Waals surface area (Å²) in [4.78, 5) is 0. The molecule has 0 fully saturated rings. The normalized spacial score (nSPS) is 20.3. The van der Waals surface area contributed by atoms with Crippen molar-refractivity contribution in [3.8, 4) is 11.5 Å². The lowest BCUT2D eigenvalue weighted by Crippen LogP contribution is -2.24. The fraction of sp³-hybridized carbons (Fsp3) is 0.600. The molecule has 1 aromatic rings. The lowest BCUT2D eigenvalue weighted by atomic mass is 10.4. The van der Waals surface area contributed by atoms with Gasteiger partial charge in [0.2, 0.25) is 0 Å². The van der Waals surface area contributed by atoms with E-state index >= 15 is 0 Å². The molecule has 1 atom stereocenters. The van der Waals surface area contributed by atoms with Crippen molar-refractivity contribution in [1.82, 2.24) is 4.57 Å². The summed E-state index contributed by atoms with van der Waals surface area (Å²) in [6, 6.07) is 0. The second-order valence-corrected chi connectivity index (χ2v) is 3.46. The summed E-state index contributed by atoms with van der Waals surface area (Å²) in [6.45, 7) is 5.85. The van der Waals surface area contributed by atoms with Gasteiger partial charge in [-0.1, -0.05) is 6.92 Å². The minimum atomic E-state index is 0.171. The van der Waals surface area contributed by atoms with Gasteiger partial charge in [0.1, 0.15) is 12.7 Å². The van der Waals surface area contributed by atoms with Crippen LogP contribution < -0.4 is 9.47 Å². The van der Waals surface area contributed by atoms with E-state index in [0.29, 0.717) is 6.61 Å². The largest absolute Gasteiger partial charge is 0.484 e. The second kappa shape index (κ2) is 3.32. The maximum atomic E-state index is 5.61. The number of aromatic nitrogens is 1. The van der Waals surface area contributed by atoms with Crippen LogP contribution in [0.2, 0.25) is 0 Å². The first-order valence-corrected chi connectivity index (χ1v) is 4.79. The van der Waals surface area contributed by atoms with Gasteiger partial charge >= 0.3 is 0 Å². The first-order chi connectivity index (χ1) is 6.29. The molecule has 13 heavy (non-hydrogen) atoms. The van der Waals surface area contributed by atoms with E-state index in [2.05, 4.69) is 11.5 Å². The van der Waals surface area contributed by atoms with E-state index in [-0.39, 0.29) is 6.10 Å². The molecule has 3 nitrogen and oxygen atoms in total. The summed E-state index contributed by atoms with van der Waals surface area (Å²) in [7, 11) is 0. The van der Waals surface area contributed by atoms with Crippen molar-refractivity contribution in [2.45, 2.75) is 32.9 Å². The topological polar surface area (TPSA) is 23.4 Å². The average Bonchev–Trinajstić information content (AvgIpc) is 2.46. The Bertz CT molecular complexity index is 293. The highest BCUT2D eigenvalue weighted by molar-refractivity contribution is 5.39. The molecule has 0 N–H and O–H groups in total. The molecule has 0 bridgehead atoms. The maximum absolute atomic E-state index is 5.61. The average molecular weight is 181 g/mol. The van der Waals surface area contributed by atoms with Gasteiger partial charge in [-0.3, -0.25) is 0 Å². The molecule has 0 saturated carbocycles. The second-order valence-electron chi connectivity index (χ2n) is 3.46. The number of nitrogens with zero attached hydrogens (tertiary/aromatic N) is 1. The number of rotatable bonds is 2. The SMILES string of the molecule is CCCn1cc2c(c1)OC(C)CO2. The van der Waals surface area contributed by atoms with Crippen molar-refractivity contribution in [1.29, 1.82) is 0 Å². The molecule has 0 spiro atoms. The van der Waals surface area contributed by atoms with Gasteiger partial charge in [-0.2, -0.15) is 0 Å². The lowest BCUT2D eigenvalue weighted by Gasteiger charge is -2.20. The Labute approximate surface area is 78.3 Å². The minimum Gasteiger partial charge on any atom is -0.484 e. The molecule has 1 aliphatic rings. The summed E-state index contributed by atoms with van der Waals surface area (Å²) in [5.41, 5.74) is 0. The Morgan fingerprint density at radius 1 is 1.46 bits per heavy atom. The molecule has 0 radical (unpaired) electrons. The van der Waals surface area contributed by atoms with Crippen LogP contribution >= 0.6 is 0 Å². The number of ether oxygens (including phenoxy) is 2. The first kappa shape index (κ1) is 8.48. The van der Waals surface area contributed by atoms with Gasteiger partial charge in [-0.05, 0) is 13.3 Å². The molecule has 0 saturated heterocycles. The Morgan fingerprint density at radius 2 is 2.23 bits per heavy atom. The highest BCUT2D eigenvalue weighted by Gasteiger charge is 2.18. The zero-order chi connectivity index (χ0) is 9.26. The van der Waals surface area contributed by atoms with Crippen LogP contribution in [-0.2, 0) is 6.54 Å². The molecule has 1 aliphatic heterocycles. The molecule has 0 aliphatic carbocycles. The van der Waals surface area contributed by atoms with Gasteiger partial charge in [0.15, 0.2) is 11.5 Å². The van der Waals surface area contributed by atoms with E-state index in [9.17, 15) is 0 Å². The van der Waals surface area contributed by atoms with Gasteiger partial charge in [0, 0.05) is 12.7 Å². The molecule has 2 heterocycles. The molecular formula is C10H15NO2. The first-order valence-electron chi connectivity index (χ1n) is 4.79. The van der Waals surface area contributed by atoms with Crippen LogP contribution in [0.25, 0.3) is 0 Å². The van der Waals surface area contributed by atoms with Crippen molar-refractivity contribution in [2.75, 3.05) is 6.61 Å². The monoisotopic (exact) mass is 181 g/mol. The zero-order valence-electron chi connectivity index (χ0n) is 8.12. The predicted molar refractivity (Wildman–Crippen MR) is 50.3 cm³/mol. The van der Waals surface area contributed by atoms with Gasteiger partial charge in [0.05, 0.1) is 6.20 Å². The predicted octanol–water partition coefficient (Wildman–Crippen LogP) is 2.06. The van der Waals surface area contributed by atoms with Crippen LogP contribution in [0.15, 0.2) is 12.4 Å². The van der Waals surface area contributed by atoms with E-state index in [1.807, 2.05) is 19.3 Å². The smallest absolute Gasteiger partial charge is 0.179 e. The maximum Gasteiger partial charge on any atom is 0.179 e. The summed E-state index contributed by atoms with van der Waals surface area (Å²) < 4.78 is 13.2. The molecule has 0 aromatic carbocycles. The van der Waals surface area contributed by atoms with Gasteiger partial charge in [0.25, 0.3) is 0 Å². The van der Waals surface area contributed by atoms with Gasteiger partial charge < -0.3 is 14.0 Å². The summed E-state index contributed by atoms with van der Waals surface area (Å²) >= 11 is 0. The van der Waals surface area contributed by atoms with Gasteiger partial charge in [-0.15, -0.1) is 0 Å². The van der Waals surface area contributed by atoms with Crippen LogP contribution in [0.5, 0.6) is 11.5 Å². The Hall–Kier alpha value is -1.12. The van der Waals surface area contributed by atoms with Gasteiger partial charge in [-0.25, -0.2) is 0 Å². The van der Waals surface area contributed by atoms with Crippen molar-refractivity contribution >= 4 is 0 Å². The molecule has 72 valence electrons. The van der Waals surface area contributed by atoms with E-state index in [1.54, 1.807) is 0 Å². The lowest BCUT2D eigenvalue weighted by molar-refractivity contribution is 0.106. The van der Waals surface area contributed by atoms with E-state index in [0.717, 1.165) is 24.5 Å². The van der Waals surface area contributed by atoms with Crippen molar-refractivity contribution in [3.63, 3.8) is 0 Å². The Kier molecular flexibility index (Phi) is 2.17. The fourth-order valence-corrected chi connectivity index (χ4v) is 1.51. The highest BCUT2D eigenvalue weighted by atomic mass is 16.6. The summed E-state index contributed by atoms with van der Waals surface area (Å²) in [6.07, 6.45) is 5.31.